The van der Waals surface area contributed by atoms with Gasteiger partial charge in [0.2, 0.25) is 6.79 Å². The van der Waals surface area contributed by atoms with Gasteiger partial charge in [-0.2, -0.15) is 0 Å². The van der Waals surface area contributed by atoms with E-state index in [0.717, 1.165) is 5.56 Å². The Morgan fingerprint density at radius 3 is 3.00 bits per heavy atom. The second-order valence-corrected chi connectivity index (χ2v) is 6.80. The Labute approximate surface area is 148 Å². The third-order valence-corrected chi connectivity index (χ3v) is 4.94. The molecule has 1 fully saturated rings. The van der Waals surface area contributed by atoms with E-state index in [4.69, 9.17) is 21.7 Å². The standard InChI is InChI=1S/C16H15NO5S2/c1-20-14(18)3-2-6-17-15(19)13(24-16(17)23)8-10-4-5-11-12(7-10)22-9-21-11/h4-5,7-8H,2-3,6,9H2,1H3. The summed E-state index contributed by atoms with van der Waals surface area (Å²) in [7, 11) is 1.34. The molecule has 0 unspecified atom stereocenters. The number of esters is 1. The Balaban J connectivity index is 1.68. The molecule has 0 atom stereocenters. The molecule has 2 heterocycles. The first kappa shape index (κ1) is 16.8. The Bertz CT molecular complexity index is 731. The fraction of sp³-hybridized carbons (Fsp3) is 0.312. The topological polar surface area (TPSA) is 65.1 Å². The fourth-order valence-corrected chi connectivity index (χ4v) is 3.64. The second kappa shape index (κ2) is 7.23. The van der Waals surface area contributed by atoms with Crippen LogP contribution in [0.15, 0.2) is 23.1 Å². The van der Waals surface area contributed by atoms with Crippen molar-refractivity contribution in [3.05, 3.63) is 28.7 Å². The number of hydrogen-bond acceptors (Lipinski definition) is 7. The van der Waals surface area contributed by atoms with Crippen LogP contribution in [-0.2, 0) is 14.3 Å². The fourth-order valence-electron chi connectivity index (χ4n) is 2.33. The molecule has 0 saturated carbocycles. The number of rotatable bonds is 5. The third kappa shape index (κ3) is 3.54. The zero-order chi connectivity index (χ0) is 17.1. The number of ether oxygens (including phenoxy) is 3. The minimum atomic E-state index is -0.295. The highest BCUT2D eigenvalue weighted by molar-refractivity contribution is 8.26. The van der Waals surface area contributed by atoms with Gasteiger partial charge in [-0.3, -0.25) is 14.5 Å². The summed E-state index contributed by atoms with van der Waals surface area (Å²) < 4.78 is 15.7. The van der Waals surface area contributed by atoms with Gasteiger partial charge in [0.25, 0.3) is 5.91 Å². The number of hydrogen-bond donors (Lipinski definition) is 0. The van der Waals surface area contributed by atoms with Gasteiger partial charge in [0.1, 0.15) is 4.32 Å². The molecule has 24 heavy (non-hydrogen) atoms. The quantitative estimate of drug-likeness (QED) is 0.451. The molecule has 1 saturated heterocycles. The molecule has 1 amide bonds. The largest absolute Gasteiger partial charge is 0.469 e. The van der Waals surface area contributed by atoms with Gasteiger partial charge in [-0.15, -0.1) is 0 Å². The molecule has 0 bridgehead atoms. The summed E-state index contributed by atoms with van der Waals surface area (Å²) in [6.07, 6.45) is 2.55. The molecule has 1 aromatic rings. The lowest BCUT2D eigenvalue weighted by Gasteiger charge is -2.13. The average molecular weight is 365 g/mol. The van der Waals surface area contributed by atoms with Crippen molar-refractivity contribution in [1.82, 2.24) is 4.90 Å². The Morgan fingerprint density at radius 2 is 2.21 bits per heavy atom. The van der Waals surface area contributed by atoms with Crippen molar-refractivity contribution in [2.75, 3.05) is 20.4 Å². The molecule has 2 aliphatic heterocycles. The first-order chi connectivity index (χ1) is 11.6. The zero-order valence-corrected chi connectivity index (χ0v) is 14.6. The van der Waals surface area contributed by atoms with E-state index >= 15 is 0 Å². The summed E-state index contributed by atoms with van der Waals surface area (Å²) in [5.41, 5.74) is 0.842. The number of carbonyl (C=O) groups excluding carboxylic acids is 2. The molecular formula is C16H15NO5S2. The first-order valence-corrected chi connectivity index (χ1v) is 8.53. The van der Waals surface area contributed by atoms with Gasteiger partial charge in [0.05, 0.1) is 12.0 Å². The van der Waals surface area contributed by atoms with E-state index in [1.54, 1.807) is 6.08 Å². The number of nitrogens with zero attached hydrogens (tertiary/aromatic N) is 1. The van der Waals surface area contributed by atoms with Crippen LogP contribution in [0.25, 0.3) is 6.08 Å². The van der Waals surface area contributed by atoms with E-state index in [9.17, 15) is 9.59 Å². The van der Waals surface area contributed by atoms with E-state index in [1.165, 1.54) is 23.8 Å². The summed E-state index contributed by atoms with van der Waals surface area (Å²) in [4.78, 5) is 25.7. The molecule has 0 spiro atoms. The van der Waals surface area contributed by atoms with Crippen molar-refractivity contribution in [3.8, 4) is 11.5 Å². The van der Waals surface area contributed by atoms with Crippen LogP contribution in [0.5, 0.6) is 11.5 Å². The molecule has 0 aliphatic carbocycles. The Hall–Kier alpha value is -2.06. The smallest absolute Gasteiger partial charge is 0.305 e. The van der Waals surface area contributed by atoms with Crippen LogP contribution < -0.4 is 9.47 Å². The predicted molar refractivity (Wildman–Crippen MR) is 93.7 cm³/mol. The Morgan fingerprint density at radius 1 is 1.42 bits per heavy atom. The van der Waals surface area contributed by atoms with Crippen LogP contribution >= 0.6 is 24.0 Å². The molecule has 3 rings (SSSR count). The summed E-state index contributed by atoms with van der Waals surface area (Å²) in [5.74, 6) is 0.920. The van der Waals surface area contributed by atoms with E-state index in [2.05, 4.69) is 4.74 Å². The van der Waals surface area contributed by atoms with Gasteiger partial charge in [0.15, 0.2) is 11.5 Å². The minimum absolute atomic E-state index is 0.146. The Kier molecular flexibility index (Phi) is 5.06. The molecule has 0 aromatic heterocycles. The molecule has 1 aromatic carbocycles. The maximum Gasteiger partial charge on any atom is 0.305 e. The van der Waals surface area contributed by atoms with Crippen LogP contribution in [0.3, 0.4) is 0 Å². The first-order valence-electron chi connectivity index (χ1n) is 7.30. The normalized spacial score (nSPS) is 17.7. The van der Waals surface area contributed by atoms with Crippen molar-refractivity contribution in [2.45, 2.75) is 12.8 Å². The number of thiocarbonyl (C=S) groups is 1. The van der Waals surface area contributed by atoms with E-state index in [-0.39, 0.29) is 25.1 Å². The third-order valence-electron chi connectivity index (χ3n) is 3.56. The highest BCUT2D eigenvalue weighted by Gasteiger charge is 2.31. The van der Waals surface area contributed by atoms with Crippen molar-refractivity contribution in [1.29, 1.82) is 0 Å². The molecule has 0 radical (unpaired) electrons. The van der Waals surface area contributed by atoms with Crippen molar-refractivity contribution >= 4 is 46.3 Å². The minimum Gasteiger partial charge on any atom is -0.469 e. The van der Waals surface area contributed by atoms with Crippen LogP contribution in [0.1, 0.15) is 18.4 Å². The van der Waals surface area contributed by atoms with E-state index in [1.807, 2.05) is 18.2 Å². The lowest BCUT2D eigenvalue weighted by atomic mass is 10.2. The van der Waals surface area contributed by atoms with Gasteiger partial charge in [0, 0.05) is 13.0 Å². The zero-order valence-electron chi connectivity index (χ0n) is 12.9. The predicted octanol–water partition coefficient (Wildman–Crippen LogP) is 2.57. The second-order valence-electron chi connectivity index (χ2n) is 5.13. The molecule has 6 nitrogen and oxygen atoms in total. The maximum atomic E-state index is 12.5. The van der Waals surface area contributed by atoms with Crippen LogP contribution in [0.4, 0.5) is 0 Å². The molecule has 2 aliphatic rings. The van der Waals surface area contributed by atoms with Crippen LogP contribution in [0, 0.1) is 0 Å². The highest BCUT2D eigenvalue weighted by atomic mass is 32.2. The van der Waals surface area contributed by atoms with Crippen LogP contribution in [0.2, 0.25) is 0 Å². The average Bonchev–Trinajstić information content (AvgIpc) is 3.14. The highest BCUT2D eigenvalue weighted by Crippen LogP contribution is 2.36. The lowest BCUT2D eigenvalue weighted by Crippen LogP contribution is -2.29. The number of benzene rings is 1. The van der Waals surface area contributed by atoms with Crippen molar-refractivity contribution < 1.29 is 23.8 Å². The number of thioether (sulfide) groups is 1. The van der Waals surface area contributed by atoms with E-state index in [0.29, 0.717) is 33.7 Å². The number of carbonyl (C=O) groups is 2. The van der Waals surface area contributed by atoms with Gasteiger partial charge in [-0.1, -0.05) is 30.0 Å². The van der Waals surface area contributed by atoms with Gasteiger partial charge in [-0.05, 0) is 30.2 Å². The van der Waals surface area contributed by atoms with Crippen LogP contribution in [-0.4, -0.2) is 41.5 Å². The van der Waals surface area contributed by atoms with E-state index < -0.39 is 0 Å². The number of amides is 1. The SMILES string of the molecule is COC(=O)CCCN1C(=O)C(=Cc2ccc3c(c2)OCO3)SC1=S. The molecule has 0 N–H and O–H groups in total. The van der Waals surface area contributed by atoms with Gasteiger partial charge >= 0.3 is 5.97 Å². The lowest BCUT2D eigenvalue weighted by molar-refractivity contribution is -0.141. The molecule has 8 heteroatoms. The molecule has 126 valence electrons. The van der Waals surface area contributed by atoms with Crippen molar-refractivity contribution in [2.24, 2.45) is 0 Å². The monoisotopic (exact) mass is 365 g/mol. The summed E-state index contributed by atoms with van der Waals surface area (Å²) in [6, 6.07) is 5.49. The van der Waals surface area contributed by atoms with Crippen molar-refractivity contribution in [3.63, 3.8) is 0 Å². The number of methoxy groups -OCH3 is 1. The maximum absolute atomic E-state index is 12.5. The summed E-state index contributed by atoms with van der Waals surface area (Å²) >= 11 is 6.52. The number of fused-ring (bicyclic) bond motifs is 1. The van der Waals surface area contributed by atoms with Gasteiger partial charge in [-0.25, -0.2) is 0 Å². The molecular weight excluding hydrogens is 350 g/mol. The summed E-state index contributed by atoms with van der Waals surface area (Å²) in [6.45, 7) is 0.610. The van der Waals surface area contributed by atoms with Gasteiger partial charge < -0.3 is 14.2 Å². The summed E-state index contributed by atoms with van der Waals surface area (Å²) in [5, 5.41) is 0.